The maximum atomic E-state index is 13.5. The van der Waals surface area contributed by atoms with E-state index in [2.05, 4.69) is 5.32 Å². The SMILES string of the molecule is CC(C)CNC(=O)[C@H](Cc1ccccc1)N(Cc1ccc(F)cc1)C(=O)COc1ccc(Cl)cc1Cl. The molecule has 0 spiro atoms. The third-order valence-corrected chi connectivity index (χ3v) is 6.00. The fourth-order valence-electron chi connectivity index (χ4n) is 3.58. The summed E-state index contributed by atoms with van der Waals surface area (Å²) in [5, 5.41) is 3.67. The normalized spacial score (nSPS) is 11.7. The summed E-state index contributed by atoms with van der Waals surface area (Å²) in [6.45, 7) is 4.23. The minimum absolute atomic E-state index is 0.101. The lowest BCUT2D eigenvalue weighted by atomic mass is 10.0. The van der Waals surface area contributed by atoms with E-state index in [0.29, 0.717) is 29.3 Å². The Bertz CT molecular complexity index is 1160. The number of amides is 2. The maximum Gasteiger partial charge on any atom is 0.261 e. The van der Waals surface area contributed by atoms with Crippen molar-refractivity contribution in [1.29, 1.82) is 0 Å². The van der Waals surface area contributed by atoms with Gasteiger partial charge in [-0.2, -0.15) is 0 Å². The number of nitrogens with zero attached hydrogens (tertiary/aromatic N) is 1. The molecule has 3 rings (SSSR count). The molecule has 0 unspecified atom stereocenters. The van der Waals surface area contributed by atoms with E-state index in [1.165, 1.54) is 23.1 Å². The Morgan fingerprint density at radius 2 is 1.67 bits per heavy atom. The molecule has 36 heavy (non-hydrogen) atoms. The first-order chi connectivity index (χ1) is 17.2. The van der Waals surface area contributed by atoms with Crippen LogP contribution in [0.3, 0.4) is 0 Å². The number of hydrogen-bond acceptors (Lipinski definition) is 3. The minimum Gasteiger partial charge on any atom is -0.482 e. The molecule has 0 aliphatic heterocycles. The standard InChI is InChI=1S/C28H29Cl2FN2O3/c1-19(2)16-32-28(35)25(14-20-6-4-3-5-7-20)33(17-21-8-11-23(31)12-9-21)27(34)18-36-26-13-10-22(29)15-24(26)30/h3-13,15,19,25H,14,16-18H2,1-2H3,(H,32,35)/t25-/m0/s1. The molecule has 0 bridgehead atoms. The largest absolute Gasteiger partial charge is 0.482 e. The van der Waals surface area contributed by atoms with Crippen LogP contribution < -0.4 is 10.1 Å². The summed E-state index contributed by atoms with van der Waals surface area (Å²) in [6.07, 6.45) is 0.305. The summed E-state index contributed by atoms with van der Waals surface area (Å²) in [4.78, 5) is 28.4. The molecule has 8 heteroatoms. The minimum atomic E-state index is -0.812. The average Bonchev–Trinajstić information content (AvgIpc) is 2.85. The predicted molar refractivity (Wildman–Crippen MR) is 141 cm³/mol. The van der Waals surface area contributed by atoms with Crippen molar-refractivity contribution in [3.05, 3.63) is 99.8 Å². The highest BCUT2D eigenvalue weighted by atomic mass is 35.5. The van der Waals surface area contributed by atoms with Gasteiger partial charge in [-0.05, 0) is 47.4 Å². The number of rotatable bonds is 11. The third-order valence-electron chi connectivity index (χ3n) is 5.47. The van der Waals surface area contributed by atoms with Gasteiger partial charge < -0.3 is 15.0 Å². The van der Waals surface area contributed by atoms with Gasteiger partial charge >= 0.3 is 0 Å². The van der Waals surface area contributed by atoms with Crippen LogP contribution in [0.2, 0.25) is 10.0 Å². The number of carbonyl (C=O) groups is 2. The van der Waals surface area contributed by atoms with Crippen molar-refractivity contribution >= 4 is 35.0 Å². The van der Waals surface area contributed by atoms with E-state index >= 15 is 0 Å². The molecule has 0 radical (unpaired) electrons. The van der Waals surface area contributed by atoms with Crippen molar-refractivity contribution in [1.82, 2.24) is 10.2 Å². The van der Waals surface area contributed by atoms with Gasteiger partial charge in [0.1, 0.15) is 17.6 Å². The fraction of sp³-hybridized carbons (Fsp3) is 0.286. The fourth-order valence-corrected chi connectivity index (χ4v) is 4.04. The molecule has 0 aliphatic rings. The summed E-state index contributed by atoms with van der Waals surface area (Å²) in [5.74, 6) is -0.519. The van der Waals surface area contributed by atoms with Crippen LogP contribution in [-0.2, 0) is 22.6 Å². The second kappa shape index (κ2) is 13.3. The lowest BCUT2D eigenvalue weighted by Crippen LogP contribution is -2.52. The van der Waals surface area contributed by atoms with Gasteiger partial charge in [-0.3, -0.25) is 9.59 Å². The van der Waals surface area contributed by atoms with Crippen LogP contribution in [0.15, 0.2) is 72.8 Å². The maximum absolute atomic E-state index is 13.5. The van der Waals surface area contributed by atoms with Crippen LogP contribution in [0.4, 0.5) is 4.39 Å². The third kappa shape index (κ3) is 8.25. The van der Waals surface area contributed by atoms with Crippen molar-refractivity contribution in [2.24, 2.45) is 5.92 Å². The van der Waals surface area contributed by atoms with E-state index in [1.54, 1.807) is 24.3 Å². The average molecular weight is 531 g/mol. The molecule has 0 fully saturated rings. The van der Waals surface area contributed by atoms with Gasteiger partial charge in [0.05, 0.1) is 5.02 Å². The van der Waals surface area contributed by atoms with E-state index in [0.717, 1.165) is 5.56 Å². The lowest BCUT2D eigenvalue weighted by molar-refractivity contribution is -0.142. The quantitative estimate of drug-likeness (QED) is 0.334. The summed E-state index contributed by atoms with van der Waals surface area (Å²) < 4.78 is 19.2. The van der Waals surface area contributed by atoms with E-state index in [9.17, 15) is 14.0 Å². The molecule has 1 atom stereocenters. The van der Waals surface area contributed by atoms with Gasteiger partial charge in [0.25, 0.3) is 5.91 Å². The molecule has 3 aromatic carbocycles. The molecule has 0 aromatic heterocycles. The number of ether oxygens (including phenoxy) is 1. The molecule has 3 aromatic rings. The molecule has 1 N–H and O–H groups in total. The molecular weight excluding hydrogens is 502 g/mol. The highest BCUT2D eigenvalue weighted by Crippen LogP contribution is 2.27. The number of halogens is 3. The summed E-state index contributed by atoms with van der Waals surface area (Å²) in [5.41, 5.74) is 1.59. The summed E-state index contributed by atoms with van der Waals surface area (Å²) >= 11 is 12.1. The van der Waals surface area contributed by atoms with Gasteiger partial charge in [0, 0.05) is 24.5 Å². The first-order valence-electron chi connectivity index (χ1n) is 11.7. The van der Waals surface area contributed by atoms with Crippen LogP contribution in [0.5, 0.6) is 5.75 Å². The molecule has 0 heterocycles. The van der Waals surface area contributed by atoms with Crippen molar-refractivity contribution in [2.75, 3.05) is 13.2 Å². The monoisotopic (exact) mass is 530 g/mol. The first-order valence-corrected chi connectivity index (χ1v) is 12.4. The summed E-state index contributed by atoms with van der Waals surface area (Å²) in [7, 11) is 0. The van der Waals surface area contributed by atoms with Crippen molar-refractivity contribution in [3.8, 4) is 5.75 Å². The Hall–Kier alpha value is -3.09. The molecule has 0 saturated carbocycles. The van der Waals surface area contributed by atoms with Gasteiger partial charge in [-0.1, -0.05) is 79.5 Å². The first kappa shape index (κ1) is 27.5. The Morgan fingerprint density at radius 3 is 2.31 bits per heavy atom. The number of hydrogen-bond donors (Lipinski definition) is 1. The zero-order valence-corrected chi connectivity index (χ0v) is 21.7. The Kier molecular flexibility index (Phi) is 10.1. The topological polar surface area (TPSA) is 58.6 Å². The van der Waals surface area contributed by atoms with E-state index in [1.807, 2.05) is 44.2 Å². The Labute approximate surface area is 221 Å². The molecule has 5 nitrogen and oxygen atoms in total. The number of nitrogens with one attached hydrogen (secondary N) is 1. The zero-order valence-electron chi connectivity index (χ0n) is 20.2. The van der Waals surface area contributed by atoms with Gasteiger partial charge in [-0.15, -0.1) is 0 Å². The predicted octanol–water partition coefficient (Wildman–Crippen LogP) is 5.92. The molecular formula is C28H29Cl2FN2O3. The van der Waals surface area contributed by atoms with E-state index < -0.39 is 11.9 Å². The molecule has 0 aliphatic carbocycles. The second-order valence-electron chi connectivity index (χ2n) is 8.86. The number of benzene rings is 3. The molecule has 0 saturated heterocycles. The van der Waals surface area contributed by atoms with E-state index in [4.69, 9.17) is 27.9 Å². The van der Waals surface area contributed by atoms with Crippen molar-refractivity contribution < 1.29 is 18.7 Å². The molecule has 2 amide bonds. The van der Waals surface area contributed by atoms with Gasteiger partial charge in [0.15, 0.2) is 6.61 Å². The van der Waals surface area contributed by atoms with E-state index in [-0.39, 0.29) is 35.8 Å². The molecule has 190 valence electrons. The second-order valence-corrected chi connectivity index (χ2v) is 9.70. The smallest absolute Gasteiger partial charge is 0.261 e. The van der Waals surface area contributed by atoms with Crippen LogP contribution in [0.25, 0.3) is 0 Å². The Morgan fingerprint density at radius 1 is 0.972 bits per heavy atom. The van der Waals surface area contributed by atoms with Crippen LogP contribution >= 0.6 is 23.2 Å². The lowest BCUT2D eigenvalue weighted by Gasteiger charge is -2.31. The van der Waals surface area contributed by atoms with Crippen molar-refractivity contribution in [3.63, 3.8) is 0 Å². The van der Waals surface area contributed by atoms with Crippen LogP contribution in [0, 0.1) is 11.7 Å². The van der Waals surface area contributed by atoms with Gasteiger partial charge in [-0.25, -0.2) is 4.39 Å². The van der Waals surface area contributed by atoms with Crippen LogP contribution in [0.1, 0.15) is 25.0 Å². The summed E-state index contributed by atoms with van der Waals surface area (Å²) in [6, 6.07) is 19.2. The Balaban J connectivity index is 1.90. The zero-order chi connectivity index (χ0) is 26.1. The highest BCUT2D eigenvalue weighted by molar-refractivity contribution is 6.35. The van der Waals surface area contributed by atoms with Crippen molar-refractivity contribution in [2.45, 2.75) is 32.9 Å². The van der Waals surface area contributed by atoms with Gasteiger partial charge in [0.2, 0.25) is 5.91 Å². The highest BCUT2D eigenvalue weighted by Gasteiger charge is 2.31. The van der Waals surface area contributed by atoms with Crippen LogP contribution in [-0.4, -0.2) is 35.9 Å². The number of carbonyl (C=O) groups excluding carboxylic acids is 2.